The van der Waals surface area contributed by atoms with Crippen LogP contribution in [0.1, 0.15) is 44.6 Å². The highest BCUT2D eigenvalue weighted by molar-refractivity contribution is 5.40. The molecule has 3 heterocycles. The van der Waals surface area contributed by atoms with Crippen molar-refractivity contribution in [1.29, 1.82) is 0 Å². The Morgan fingerprint density at radius 3 is 2.35 bits per heavy atom. The minimum Gasteiger partial charge on any atom is -0.486 e. The fourth-order valence-corrected chi connectivity index (χ4v) is 5.97. The largest absolute Gasteiger partial charge is 0.486 e. The maximum Gasteiger partial charge on any atom is 0.161 e. The van der Waals surface area contributed by atoms with Gasteiger partial charge in [-0.1, -0.05) is 49.4 Å². The van der Waals surface area contributed by atoms with Gasteiger partial charge in [-0.15, -0.1) is 0 Å². The van der Waals surface area contributed by atoms with E-state index in [1.165, 1.54) is 44.2 Å². The molecule has 2 bridgehead atoms. The molecular weight excluding hydrogens is 384 g/mol. The molecule has 2 aromatic carbocycles. The number of para-hydroxylation sites is 2. The predicted octanol–water partition coefficient (Wildman–Crippen LogP) is 4.98. The zero-order chi connectivity index (χ0) is 21.0. The lowest BCUT2D eigenvalue weighted by molar-refractivity contribution is 0.0387. The molecule has 5 rings (SSSR count). The highest BCUT2D eigenvalue weighted by Crippen LogP contribution is 2.40. The summed E-state index contributed by atoms with van der Waals surface area (Å²) in [4.78, 5) is 5.43. The van der Waals surface area contributed by atoms with E-state index in [1.807, 2.05) is 24.3 Å². The van der Waals surface area contributed by atoms with E-state index < -0.39 is 0 Å². The Morgan fingerprint density at radius 1 is 0.903 bits per heavy atom. The molecule has 0 N–H and O–H groups in total. The van der Waals surface area contributed by atoms with Gasteiger partial charge in [0.2, 0.25) is 0 Å². The van der Waals surface area contributed by atoms with Crippen LogP contribution in [0.4, 0.5) is 0 Å². The topological polar surface area (TPSA) is 24.9 Å². The summed E-state index contributed by atoms with van der Waals surface area (Å²) in [6, 6.07) is 20.6. The summed E-state index contributed by atoms with van der Waals surface area (Å²) in [6.45, 7) is 7.35. The maximum absolute atomic E-state index is 6.26. The molecule has 3 aliphatic heterocycles. The van der Waals surface area contributed by atoms with E-state index in [9.17, 15) is 0 Å². The normalized spacial score (nSPS) is 27.5. The van der Waals surface area contributed by atoms with Crippen LogP contribution in [-0.4, -0.2) is 54.2 Å². The number of ether oxygens (including phenoxy) is 2. The van der Waals surface area contributed by atoms with Gasteiger partial charge in [-0.3, -0.25) is 9.80 Å². The highest BCUT2D eigenvalue weighted by Gasteiger charge is 2.41. The molecule has 4 heteroatoms. The van der Waals surface area contributed by atoms with E-state index in [1.54, 1.807) is 0 Å². The minimum atomic E-state index is 0.122. The molecule has 0 aromatic heterocycles. The number of hydrogen-bond donors (Lipinski definition) is 0. The lowest BCUT2D eigenvalue weighted by Gasteiger charge is -2.41. The van der Waals surface area contributed by atoms with Crippen molar-refractivity contribution >= 4 is 0 Å². The molecule has 1 unspecified atom stereocenters. The minimum absolute atomic E-state index is 0.122. The van der Waals surface area contributed by atoms with E-state index in [-0.39, 0.29) is 6.10 Å². The van der Waals surface area contributed by atoms with Crippen LogP contribution < -0.4 is 9.47 Å². The molecule has 31 heavy (non-hydrogen) atoms. The first-order chi connectivity index (χ1) is 15.3. The maximum atomic E-state index is 6.26. The second kappa shape index (κ2) is 9.62. The molecule has 4 nitrogen and oxygen atoms in total. The monoisotopic (exact) mass is 420 g/mol. The third-order valence-electron chi connectivity index (χ3n) is 7.28. The van der Waals surface area contributed by atoms with E-state index in [2.05, 4.69) is 47.1 Å². The number of fused-ring (bicyclic) bond motifs is 3. The highest BCUT2D eigenvalue weighted by atomic mass is 16.6. The zero-order valence-electron chi connectivity index (χ0n) is 18.8. The van der Waals surface area contributed by atoms with Gasteiger partial charge in [0.25, 0.3) is 0 Å². The zero-order valence-corrected chi connectivity index (χ0v) is 18.8. The quantitative estimate of drug-likeness (QED) is 0.601. The first-order valence-electron chi connectivity index (χ1n) is 12.2. The second-order valence-corrected chi connectivity index (χ2v) is 9.64. The van der Waals surface area contributed by atoms with E-state index >= 15 is 0 Å². The molecule has 2 aromatic rings. The SMILES string of the molecule is CCCN(CC1COc2ccccc2O1)C[C@@H]1C[C@H]2CC[C@@H](C1)N2Cc1ccccc1. The molecule has 0 saturated carbocycles. The van der Waals surface area contributed by atoms with Crippen LogP contribution >= 0.6 is 0 Å². The van der Waals surface area contributed by atoms with Crippen molar-refractivity contribution in [2.24, 2.45) is 5.92 Å². The molecular formula is C27H36N2O2. The second-order valence-electron chi connectivity index (χ2n) is 9.64. The predicted molar refractivity (Wildman–Crippen MR) is 125 cm³/mol. The lowest BCUT2D eigenvalue weighted by Crippen LogP contribution is -2.47. The number of piperidine rings is 1. The molecule has 4 atom stereocenters. The van der Waals surface area contributed by atoms with Gasteiger partial charge in [0, 0.05) is 31.7 Å². The van der Waals surface area contributed by atoms with Gasteiger partial charge in [0.1, 0.15) is 12.7 Å². The summed E-state index contributed by atoms with van der Waals surface area (Å²) in [6.07, 6.45) is 6.74. The van der Waals surface area contributed by atoms with Crippen LogP contribution in [-0.2, 0) is 6.54 Å². The van der Waals surface area contributed by atoms with Crippen molar-refractivity contribution in [3.05, 3.63) is 60.2 Å². The summed E-state index contributed by atoms with van der Waals surface area (Å²) < 4.78 is 12.2. The average molecular weight is 421 g/mol. The Hall–Kier alpha value is -2.04. The van der Waals surface area contributed by atoms with Crippen molar-refractivity contribution in [2.45, 2.75) is 63.8 Å². The van der Waals surface area contributed by atoms with E-state index in [0.717, 1.165) is 49.1 Å². The molecule has 0 spiro atoms. The van der Waals surface area contributed by atoms with Crippen molar-refractivity contribution in [1.82, 2.24) is 9.80 Å². The van der Waals surface area contributed by atoms with Crippen molar-refractivity contribution < 1.29 is 9.47 Å². The van der Waals surface area contributed by atoms with E-state index in [4.69, 9.17) is 9.47 Å². The van der Waals surface area contributed by atoms with Crippen LogP contribution in [0, 0.1) is 5.92 Å². The molecule has 3 aliphatic rings. The van der Waals surface area contributed by atoms with Crippen LogP contribution in [0.5, 0.6) is 11.5 Å². The summed E-state index contributed by atoms with van der Waals surface area (Å²) in [7, 11) is 0. The van der Waals surface area contributed by atoms with Gasteiger partial charge in [0.15, 0.2) is 11.5 Å². The summed E-state index contributed by atoms with van der Waals surface area (Å²) in [5.41, 5.74) is 1.46. The van der Waals surface area contributed by atoms with Crippen LogP contribution in [0.25, 0.3) is 0 Å². The molecule has 0 amide bonds. The van der Waals surface area contributed by atoms with Crippen molar-refractivity contribution in [3.8, 4) is 11.5 Å². The number of benzene rings is 2. The van der Waals surface area contributed by atoms with Crippen molar-refractivity contribution in [2.75, 3.05) is 26.2 Å². The number of hydrogen-bond acceptors (Lipinski definition) is 4. The Labute approximate surface area is 187 Å². The van der Waals surface area contributed by atoms with Gasteiger partial charge >= 0.3 is 0 Å². The smallest absolute Gasteiger partial charge is 0.161 e. The standard InChI is InChI=1S/C27H36N2O2/c1-2-14-28(19-25-20-30-26-10-6-7-11-27(26)31-25)17-22-15-23-12-13-24(16-22)29(23)18-21-8-4-3-5-9-21/h3-11,22-25H,2,12-20H2,1H3/t22-,23-,24+,25?. The summed E-state index contributed by atoms with van der Waals surface area (Å²) in [5, 5.41) is 0. The Balaban J connectivity index is 1.17. The average Bonchev–Trinajstić information content (AvgIpc) is 3.02. The van der Waals surface area contributed by atoms with Gasteiger partial charge in [0.05, 0.1) is 0 Å². The van der Waals surface area contributed by atoms with Crippen molar-refractivity contribution in [3.63, 3.8) is 0 Å². The summed E-state index contributed by atoms with van der Waals surface area (Å²) in [5.74, 6) is 2.57. The molecule has 2 saturated heterocycles. The van der Waals surface area contributed by atoms with Crippen LogP contribution in [0.2, 0.25) is 0 Å². The van der Waals surface area contributed by atoms with Gasteiger partial charge in [-0.2, -0.15) is 0 Å². The third-order valence-corrected chi connectivity index (χ3v) is 7.28. The number of nitrogens with zero attached hydrogens (tertiary/aromatic N) is 2. The fourth-order valence-electron chi connectivity index (χ4n) is 5.97. The fraction of sp³-hybridized carbons (Fsp3) is 0.556. The Kier molecular flexibility index (Phi) is 6.47. The van der Waals surface area contributed by atoms with Gasteiger partial charge in [-0.25, -0.2) is 0 Å². The van der Waals surface area contributed by atoms with Gasteiger partial charge in [-0.05, 0) is 62.3 Å². The first-order valence-corrected chi connectivity index (χ1v) is 12.2. The van der Waals surface area contributed by atoms with E-state index in [0.29, 0.717) is 6.61 Å². The molecule has 0 radical (unpaired) electrons. The van der Waals surface area contributed by atoms with Crippen LogP contribution in [0.15, 0.2) is 54.6 Å². The van der Waals surface area contributed by atoms with Crippen LogP contribution in [0.3, 0.4) is 0 Å². The molecule has 0 aliphatic carbocycles. The number of rotatable bonds is 8. The third kappa shape index (κ3) is 4.91. The molecule has 166 valence electrons. The Morgan fingerprint density at radius 2 is 1.61 bits per heavy atom. The lowest BCUT2D eigenvalue weighted by atomic mass is 9.89. The Bertz CT molecular complexity index is 828. The first kappa shape index (κ1) is 20.8. The summed E-state index contributed by atoms with van der Waals surface area (Å²) >= 11 is 0. The molecule has 2 fully saturated rings. The van der Waals surface area contributed by atoms with Gasteiger partial charge < -0.3 is 9.47 Å².